The number of hydroxylamine groups is 2. The first-order valence-electron chi connectivity index (χ1n) is 11.5. The van der Waals surface area contributed by atoms with Gasteiger partial charge in [0.25, 0.3) is 0 Å². The molecule has 0 saturated carbocycles. The molecule has 1 aliphatic rings. The SMILES string of the molecule is CON(CCCCc1ccc(N(CCCl)CCCl)cc1)C1O[C@H](CO)[C@H](O)[C@H](O)[C@H]1NC(C)=O. The van der Waals surface area contributed by atoms with Crippen LogP contribution in [0.3, 0.4) is 0 Å². The predicted octanol–water partition coefficient (Wildman–Crippen LogP) is 1.10. The van der Waals surface area contributed by atoms with E-state index in [9.17, 15) is 20.1 Å². The summed E-state index contributed by atoms with van der Waals surface area (Å²) in [6.07, 6.45) is -1.99. The average molecular weight is 522 g/mol. The molecule has 5 atom stereocenters. The van der Waals surface area contributed by atoms with Crippen molar-refractivity contribution in [1.82, 2.24) is 10.4 Å². The van der Waals surface area contributed by atoms with E-state index in [2.05, 4.69) is 34.5 Å². The number of aliphatic hydroxyl groups excluding tert-OH is 3. The number of benzene rings is 1. The maximum Gasteiger partial charge on any atom is 0.217 e. The highest BCUT2D eigenvalue weighted by atomic mass is 35.5. The van der Waals surface area contributed by atoms with Crippen LogP contribution in [0, 0.1) is 0 Å². The molecule has 0 aromatic heterocycles. The standard InChI is InChI=1S/C23H37Cl2N3O6/c1-16(30)26-20-22(32)21(31)19(15-29)34-23(20)28(33-2)12-4-3-5-17-6-8-18(9-7-17)27(13-10-24)14-11-25/h6-9,19-23,29,31-32H,3-5,10-15H2,1-2H3,(H,26,30)/t19-,20-,21+,22-,23?/m1/s1. The smallest absolute Gasteiger partial charge is 0.217 e. The number of rotatable bonds is 14. The molecule has 1 aromatic carbocycles. The summed E-state index contributed by atoms with van der Waals surface area (Å²) in [5, 5.41) is 34.3. The van der Waals surface area contributed by atoms with Crippen molar-refractivity contribution in [2.45, 2.75) is 56.8 Å². The van der Waals surface area contributed by atoms with Crippen LogP contribution in [-0.2, 0) is 20.8 Å². The molecule has 1 fully saturated rings. The number of hydrogen-bond donors (Lipinski definition) is 4. The normalized spacial score (nSPS) is 24.9. The second kappa shape index (κ2) is 15.1. The number of unbranched alkanes of at least 4 members (excludes halogenated alkanes) is 1. The summed E-state index contributed by atoms with van der Waals surface area (Å²) in [5.41, 5.74) is 2.29. The van der Waals surface area contributed by atoms with Gasteiger partial charge in [0.15, 0.2) is 6.23 Å². The lowest BCUT2D eigenvalue weighted by molar-refractivity contribution is -0.304. The van der Waals surface area contributed by atoms with Gasteiger partial charge in [-0.1, -0.05) is 12.1 Å². The van der Waals surface area contributed by atoms with Gasteiger partial charge < -0.3 is 30.3 Å². The summed E-state index contributed by atoms with van der Waals surface area (Å²) in [7, 11) is 1.48. The highest BCUT2D eigenvalue weighted by Gasteiger charge is 2.47. The predicted molar refractivity (Wildman–Crippen MR) is 132 cm³/mol. The van der Waals surface area contributed by atoms with E-state index in [0.717, 1.165) is 38.0 Å². The fraction of sp³-hybridized carbons (Fsp3) is 0.696. The van der Waals surface area contributed by atoms with Gasteiger partial charge in [-0.25, -0.2) is 0 Å². The third-order valence-electron chi connectivity index (χ3n) is 5.89. The highest BCUT2D eigenvalue weighted by molar-refractivity contribution is 6.18. The first kappa shape index (κ1) is 29.1. The Morgan fingerprint density at radius 2 is 1.74 bits per heavy atom. The molecule has 0 spiro atoms. The van der Waals surface area contributed by atoms with Gasteiger partial charge in [0.2, 0.25) is 5.91 Å². The monoisotopic (exact) mass is 521 g/mol. The molecule has 2 rings (SSSR count). The first-order chi connectivity index (χ1) is 16.4. The first-order valence-corrected chi connectivity index (χ1v) is 12.6. The number of nitrogens with one attached hydrogen (secondary N) is 1. The number of anilines is 1. The number of amides is 1. The van der Waals surface area contributed by atoms with Gasteiger partial charge in [0.1, 0.15) is 18.3 Å². The Morgan fingerprint density at radius 1 is 1.09 bits per heavy atom. The molecule has 0 aliphatic carbocycles. The molecule has 1 aliphatic heterocycles. The van der Waals surface area contributed by atoms with Crippen LogP contribution in [0.5, 0.6) is 0 Å². The number of halogens is 2. The van der Waals surface area contributed by atoms with E-state index in [4.69, 9.17) is 32.8 Å². The van der Waals surface area contributed by atoms with Crippen LogP contribution in [0.1, 0.15) is 25.3 Å². The van der Waals surface area contributed by atoms with Crippen LogP contribution in [0.2, 0.25) is 0 Å². The Kier molecular flexibility index (Phi) is 12.9. The number of hydrogen-bond acceptors (Lipinski definition) is 8. The minimum atomic E-state index is -1.33. The average Bonchev–Trinajstić information content (AvgIpc) is 2.83. The van der Waals surface area contributed by atoms with E-state index in [1.54, 1.807) is 0 Å². The molecular weight excluding hydrogens is 485 g/mol. The van der Waals surface area contributed by atoms with Gasteiger partial charge in [-0.2, -0.15) is 5.06 Å². The molecule has 1 heterocycles. The molecule has 1 unspecified atom stereocenters. The van der Waals surface area contributed by atoms with Crippen molar-refractivity contribution < 1.29 is 29.7 Å². The summed E-state index contributed by atoms with van der Waals surface area (Å²) in [4.78, 5) is 19.3. The maximum atomic E-state index is 11.6. The van der Waals surface area contributed by atoms with Gasteiger partial charge in [-0.05, 0) is 37.0 Å². The van der Waals surface area contributed by atoms with Crippen LogP contribution in [-0.4, -0.2) is 102 Å². The van der Waals surface area contributed by atoms with Gasteiger partial charge in [0.05, 0.1) is 19.8 Å². The molecule has 1 amide bonds. The summed E-state index contributed by atoms with van der Waals surface area (Å²) < 4.78 is 5.78. The van der Waals surface area contributed by atoms with Crippen molar-refractivity contribution >= 4 is 34.8 Å². The zero-order valence-electron chi connectivity index (χ0n) is 19.8. The third-order valence-corrected chi connectivity index (χ3v) is 6.23. The lowest BCUT2D eigenvalue weighted by Gasteiger charge is -2.45. The molecule has 4 N–H and O–H groups in total. The minimum Gasteiger partial charge on any atom is -0.394 e. The molecule has 11 heteroatoms. The van der Waals surface area contributed by atoms with E-state index in [0.29, 0.717) is 18.3 Å². The Balaban J connectivity index is 1.93. The fourth-order valence-electron chi connectivity index (χ4n) is 4.10. The van der Waals surface area contributed by atoms with Gasteiger partial charge in [-0.3, -0.25) is 9.63 Å². The van der Waals surface area contributed by atoms with Crippen molar-refractivity contribution in [2.75, 3.05) is 50.0 Å². The summed E-state index contributed by atoms with van der Waals surface area (Å²) in [6.45, 7) is 2.80. The fourth-order valence-corrected chi connectivity index (χ4v) is 4.51. The number of carbonyl (C=O) groups excluding carboxylic acids is 1. The largest absolute Gasteiger partial charge is 0.394 e. The molecule has 1 saturated heterocycles. The van der Waals surface area contributed by atoms with E-state index in [1.807, 2.05) is 0 Å². The van der Waals surface area contributed by atoms with Crippen molar-refractivity contribution in [3.05, 3.63) is 29.8 Å². The number of aliphatic hydroxyl groups is 3. The Bertz CT molecular complexity index is 723. The van der Waals surface area contributed by atoms with Gasteiger partial charge in [0, 0.05) is 44.0 Å². The number of aryl methyl sites for hydroxylation is 1. The summed E-state index contributed by atoms with van der Waals surface area (Å²) in [6, 6.07) is 7.43. The van der Waals surface area contributed by atoms with E-state index >= 15 is 0 Å². The molecule has 9 nitrogen and oxygen atoms in total. The second-order valence-corrected chi connectivity index (χ2v) is 9.02. The number of carbonyl (C=O) groups is 1. The molecule has 194 valence electrons. The van der Waals surface area contributed by atoms with Crippen LogP contribution < -0.4 is 10.2 Å². The number of nitrogens with zero attached hydrogens (tertiary/aromatic N) is 2. The topological polar surface area (TPSA) is 115 Å². The second-order valence-electron chi connectivity index (χ2n) is 8.27. The van der Waals surface area contributed by atoms with Crippen LogP contribution >= 0.6 is 23.2 Å². The van der Waals surface area contributed by atoms with Crippen LogP contribution in [0.4, 0.5) is 5.69 Å². The van der Waals surface area contributed by atoms with Gasteiger partial charge in [-0.15, -0.1) is 23.2 Å². The highest BCUT2D eigenvalue weighted by Crippen LogP contribution is 2.24. The van der Waals surface area contributed by atoms with Crippen LogP contribution in [0.25, 0.3) is 0 Å². The number of ether oxygens (including phenoxy) is 1. The Morgan fingerprint density at radius 3 is 2.26 bits per heavy atom. The molecule has 1 aromatic rings. The quantitative estimate of drug-likeness (QED) is 0.163. The van der Waals surface area contributed by atoms with E-state index < -0.39 is 37.2 Å². The van der Waals surface area contributed by atoms with Crippen molar-refractivity contribution in [3.63, 3.8) is 0 Å². The van der Waals surface area contributed by atoms with Crippen molar-refractivity contribution in [3.8, 4) is 0 Å². The van der Waals surface area contributed by atoms with Crippen molar-refractivity contribution in [2.24, 2.45) is 0 Å². The third kappa shape index (κ3) is 8.20. The van der Waals surface area contributed by atoms with Crippen LogP contribution in [0.15, 0.2) is 24.3 Å². The van der Waals surface area contributed by atoms with E-state index in [-0.39, 0.29) is 5.91 Å². The maximum absolute atomic E-state index is 11.6. The molecular formula is C23H37Cl2N3O6. The zero-order valence-corrected chi connectivity index (χ0v) is 21.3. The molecule has 34 heavy (non-hydrogen) atoms. The minimum absolute atomic E-state index is 0.373. The molecule has 0 radical (unpaired) electrons. The summed E-state index contributed by atoms with van der Waals surface area (Å²) >= 11 is 11.8. The zero-order chi connectivity index (χ0) is 25.1. The summed E-state index contributed by atoms with van der Waals surface area (Å²) in [5.74, 6) is 0.705. The number of alkyl halides is 2. The van der Waals surface area contributed by atoms with Crippen molar-refractivity contribution in [1.29, 1.82) is 0 Å². The molecule has 0 bridgehead atoms. The Labute approximate surface area is 211 Å². The van der Waals surface area contributed by atoms with Gasteiger partial charge >= 0.3 is 0 Å². The van der Waals surface area contributed by atoms with E-state index in [1.165, 1.54) is 24.7 Å². The lowest BCUT2D eigenvalue weighted by atomic mass is 9.95. The lowest BCUT2D eigenvalue weighted by Crippen LogP contribution is -2.67. The Hall–Kier alpha value is -1.17.